The Balaban J connectivity index is 2.26. The molecule has 0 aliphatic carbocycles. The summed E-state index contributed by atoms with van der Waals surface area (Å²) in [5, 5.41) is 11.1. The Bertz CT molecular complexity index is 478. The van der Waals surface area contributed by atoms with Crippen molar-refractivity contribution in [3.63, 3.8) is 0 Å². The molecule has 2 heterocycles. The lowest BCUT2D eigenvalue weighted by Gasteiger charge is -2.06. The minimum absolute atomic E-state index is 0.0895. The number of hydrogen-bond donors (Lipinski definition) is 1. The maximum Gasteiger partial charge on any atom is 0.266 e. The minimum Gasteiger partial charge on any atom is -0.418 e. The topological polar surface area (TPSA) is 63.8 Å². The van der Waals surface area contributed by atoms with Gasteiger partial charge < -0.3 is 9.73 Å². The van der Waals surface area contributed by atoms with Gasteiger partial charge in [0.25, 0.3) is 5.89 Å². The highest BCUT2D eigenvalue weighted by atomic mass is 79.9. The molecule has 2 aromatic rings. The SMILES string of the molecule is CCC(NC)c1nnc(-c2ccc(Br)cn2)o1. The van der Waals surface area contributed by atoms with E-state index >= 15 is 0 Å². The third-order valence-electron chi connectivity index (χ3n) is 2.44. The van der Waals surface area contributed by atoms with Crippen LogP contribution in [0.1, 0.15) is 25.3 Å². The van der Waals surface area contributed by atoms with Crippen LogP contribution in [0.4, 0.5) is 0 Å². The minimum atomic E-state index is 0.0895. The Morgan fingerprint density at radius 1 is 1.41 bits per heavy atom. The van der Waals surface area contributed by atoms with Crippen molar-refractivity contribution in [2.24, 2.45) is 0 Å². The molecular weight excluding hydrogens is 284 g/mol. The van der Waals surface area contributed by atoms with E-state index in [0.29, 0.717) is 17.5 Å². The van der Waals surface area contributed by atoms with Crippen LogP contribution in [0.2, 0.25) is 0 Å². The molecule has 17 heavy (non-hydrogen) atoms. The summed E-state index contributed by atoms with van der Waals surface area (Å²) in [5.41, 5.74) is 0.679. The summed E-state index contributed by atoms with van der Waals surface area (Å²) in [5.74, 6) is 1.04. The van der Waals surface area contributed by atoms with Crippen molar-refractivity contribution in [3.8, 4) is 11.6 Å². The van der Waals surface area contributed by atoms with Gasteiger partial charge in [0.2, 0.25) is 5.89 Å². The standard InChI is InChI=1S/C11H13BrN4O/c1-3-8(13-2)10-15-16-11(17-10)9-5-4-7(12)6-14-9/h4-6,8,13H,3H2,1-2H3. The number of halogens is 1. The summed E-state index contributed by atoms with van der Waals surface area (Å²) in [4.78, 5) is 4.21. The average Bonchev–Trinajstić information content (AvgIpc) is 2.81. The fourth-order valence-electron chi connectivity index (χ4n) is 1.48. The van der Waals surface area contributed by atoms with Crippen molar-refractivity contribution in [2.45, 2.75) is 19.4 Å². The largest absolute Gasteiger partial charge is 0.418 e. The van der Waals surface area contributed by atoms with E-state index in [1.165, 1.54) is 0 Å². The second kappa shape index (κ2) is 5.37. The van der Waals surface area contributed by atoms with Crippen LogP contribution < -0.4 is 5.32 Å². The fraction of sp³-hybridized carbons (Fsp3) is 0.364. The lowest BCUT2D eigenvalue weighted by molar-refractivity contribution is 0.414. The van der Waals surface area contributed by atoms with Crippen LogP contribution in [-0.4, -0.2) is 22.2 Å². The molecule has 0 spiro atoms. The van der Waals surface area contributed by atoms with Crippen molar-refractivity contribution in [1.29, 1.82) is 0 Å². The Kier molecular flexibility index (Phi) is 3.86. The van der Waals surface area contributed by atoms with Crippen LogP contribution in [0.5, 0.6) is 0 Å². The Labute approximate surface area is 108 Å². The van der Waals surface area contributed by atoms with Gasteiger partial charge in [0.15, 0.2) is 0 Å². The third-order valence-corrected chi connectivity index (χ3v) is 2.91. The molecule has 0 amide bonds. The van der Waals surface area contributed by atoms with E-state index in [2.05, 4.69) is 43.4 Å². The van der Waals surface area contributed by atoms with E-state index in [-0.39, 0.29) is 6.04 Å². The van der Waals surface area contributed by atoms with Crippen molar-refractivity contribution in [2.75, 3.05) is 7.05 Å². The highest BCUT2D eigenvalue weighted by Crippen LogP contribution is 2.21. The van der Waals surface area contributed by atoms with Crippen LogP contribution in [0.25, 0.3) is 11.6 Å². The molecule has 1 N–H and O–H groups in total. The number of rotatable bonds is 4. The third kappa shape index (κ3) is 2.70. The smallest absolute Gasteiger partial charge is 0.266 e. The van der Waals surface area contributed by atoms with E-state index in [9.17, 15) is 0 Å². The molecule has 0 saturated carbocycles. The van der Waals surface area contributed by atoms with Crippen molar-refractivity contribution < 1.29 is 4.42 Å². The Hall–Kier alpha value is -1.27. The first kappa shape index (κ1) is 12.2. The van der Waals surface area contributed by atoms with Gasteiger partial charge in [0.05, 0.1) is 6.04 Å². The molecule has 2 rings (SSSR count). The van der Waals surface area contributed by atoms with Crippen LogP contribution in [-0.2, 0) is 0 Å². The monoisotopic (exact) mass is 296 g/mol. The van der Waals surface area contributed by atoms with Crippen molar-refractivity contribution in [3.05, 3.63) is 28.7 Å². The Morgan fingerprint density at radius 2 is 2.24 bits per heavy atom. The summed E-state index contributed by atoms with van der Waals surface area (Å²) in [6, 6.07) is 3.82. The fourth-order valence-corrected chi connectivity index (χ4v) is 1.72. The summed E-state index contributed by atoms with van der Waals surface area (Å²) in [6.45, 7) is 2.06. The van der Waals surface area contributed by atoms with E-state index in [0.717, 1.165) is 10.9 Å². The number of nitrogens with one attached hydrogen (secondary N) is 1. The first-order chi connectivity index (χ1) is 8.24. The van der Waals surface area contributed by atoms with Crippen LogP contribution in [0.15, 0.2) is 27.2 Å². The summed E-state index contributed by atoms with van der Waals surface area (Å²) in [6.07, 6.45) is 2.60. The van der Waals surface area contributed by atoms with Crippen LogP contribution in [0, 0.1) is 0 Å². The van der Waals surface area contributed by atoms with Crippen molar-refractivity contribution in [1.82, 2.24) is 20.5 Å². The number of nitrogens with zero attached hydrogens (tertiary/aromatic N) is 3. The van der Waals surface area contributed by atoms with E-state index in [4.69, 9.17) is 4.42 Å². The highest BCUT2D eigenvalue weighted by molar-refractivity contribution is 9.10. The molecule has 1 unspecified atom stereocenters. The van der Waals surface area contributed by atoms with Gasteiger partial charge in [-0.2, -0.15) is 0 Å². The molecule has 5 nitrogen and oxygen atoms in total. The molecule has 0 saturated heterocycles. The van der Waals surface area contributed by atoms with Gasteiger partial charge in [-0.05, 0) is 41.5 Å². The maximum absolute atomic E-state index is 5.59. The second-order valence-electron chi connectivity index (χ2n) is 3.56. The van der Waals surface area contributed by atoms with Gasteiger partial charge in [-0.1, -0.05) is 6.92 Å². The zero-order valence-electron chi connectivity index (χ0n) is 9.64. The molecule has 0 radical (unpaired) electrons. The zero-order chi connectivity index (χ0) is 12.3. The molecule has 0 aromatic carbocycles. The van der Waals surface area contributed by atoms with Gasteiger partial charge >= 0.3 is 0 Å². The molecule has 0 bridgehead atoms. The first-order valence-corrected chi connectivity index (χ1v) is 6.16. The lowest BCUT2D eigenvalue weighted by atomic mass is 10.2. The van der Waals surface area contributed by atoms with Gasteiger partial charge in [0, 0.05) is 10.7 Å². The summed E-state index contributed by atoms with van der Waals surface area (Å²) in [7, 11) is 1.87. The molecule has 1 atom stereocenters. The van der Waals surface area contributed by atoms with E-state index in [1.807, 2.05) is 19.2 Å². The summed E-state index contributed by atoms with van der Waals surface area (Å²) >= 11 is 3.33. The first-order valence-electron chi connectivity index (χ1n) is 5.37. The molecule has 90 valence electrons. The van der Waals surface area contributed by atoms with Gasteiger partial charge in [-0.3, -0.25) is 0 Å². The number of pyridine rings is 1. The average molecular weight is 297 g/mol. The van der Waals surface area contributed by atoms with Crippen LogP contribution in [0.3, 0.4) is 0 Å². The summed E-state index contributed by atoms with van der Waals surface area (Å²) < 4.78 is 6.51. The zero-order valence-corrected chi connectivity index (χ0v) is 11.2. The number of hydrogen-bond acceptors (Lipinski definition) is 5. The van der Waals surface area contributed by atoms with E-state index < -0.39 is 0 Å². The predicted molar refractivity (Wildman–Crippen MR) is 67.3 cm³/mol. The lowest BCUT2D eigenvalue weighted by Crippen LogP contribution is -2.15. The molecule has 6 heteroatoms. The molecule has 0 aliphatic heterocycles. The van der Waals surface area contributed by atoms with Crippen molar-refractivity contribution >= 4 is 15.9 Å². The normalized spacial score (nSPS) is 12.6. The molecule has 0 fully saturated rings. The molecular formula is C11H13BrN4O. The highest BCUT2D eigenvalue weighted by Gasteiger charge is 2.16. The van der Waals surface area contributed by atoms with Gasteiger partial charge in [-0.15, -0.1) is 10.2 Å². The van der Waals surface area contributed by atoms with E-state index in [1.54, 1.807) is 6.20 Å². The predicted octanol–water partition coefficient (Wildman–Crippen LogP) is 2.56. The quantitative estimate of drug-likeness (QED) is 0.939. The maximum atomic E-state index is 5.59. The second-order valence-corrected chi connectivity index (χ2v) is 4.47. The van der Waals surface area contributed by atoms with Gasteiger partial charge in [-0.25, -0.2) is 4.98 Å². The number of aromatic nitrogens is 3. The molecule has 2 aromatic heterocycles. The van der Waals surface area contributed by atoms with Crippen LogP contribution >= 0.6 is 15.9 Å². The Morgan fingerprint density at radius 3 is 2.82 bits per heavy atom. The van der Waals surface area contributed by atoms with Gasteiger partial charge in [0.1, 0.15) is 5.69 Å². The molecule has 0 aliphatic rings.